The zero-order chi connectivity index (χ0) is 31.4. The number of nitrogens with two attached hydrogens (primary N) is 1. The Labute approximate surface area is 254 Å². The third-order valence-corrected chi connectivity index (χ3v) is 8.10. The number of nitrogen functional groups attached to an aromatic ring is 1. The summed E-state index contributed by atoms with van der Waals surface area (Å²) in [6.45, 7) is 7.51. The average Bonchev–Trinajstić information content (AvgIpc) is 3.34. The van der Waals surface area contributed by atoms with Gasteiger partial charge in [-0.05, 0) is 62.6 Å². The molecule has 3 heterocycles. The van der Waals surface area contributed by atoms with Gasteiger partial charge in [0.25, 0.3) is 11.5 Å². The Morgan fingerprint density at radius 2 is 1.75 bits per heavy atom. The highest BCUT2D eigenvalue weighted by molar-refractivity contribution is 6.08. The second kappa shape index (κ2) is 10.6. The van der Waals surface area contributed by atoms with Gasteiger partial charge in [0.2, 0.25) is 0 Å². The maximum absolute atomic E-state index is 13.8. The molecule has 0 saturated carbocycles. The van der Waals surface area contributed by atoms with Crippen LogP contribution in [0, 0.1) is 5.41 Å². The van der Waals surface area contributed by atoms with Crippen LogP contribution in [-0.2, 0) is 13.0 Å². The lowest BCUT2D eigenvalue weighted by Gasteiger charge is -2.31. The maximum Gasteiger partial charge on any atom is 0.268 e. The van der Waals surface area contributed by atoms with Gasteiger partial charge in [-0.25, -0.2) is 9.97 Å². The fraction of sp³-hybridized carbons (Fsp3) is 0.265. The molecule has 6 rings (SSSR count). The summed E-state index contributed by atoms with van der Waals surface area (Å²) in [5.74, 6) is -0.378. The van der Waals surface area contributed by atoms with E-state index in [0.29, 0.717) is 58.9 Å². The quantitative estimate of drug-likeness (QED) is 0.252. The molecule has 10 heteroatoms. The van der Waals surface area contributed by atoms with Gasteiger partial charge in [0.15, 0.2) is 5.78 Å². The van der Waals surface area contributed by atoms with Crippen LogP contribution in [0.4, 0.5) is 11.5 Å². The van der Waals surface area contributed by atoms with Gasteiger partial charge in [0.05, 0.1) is 17.5 Å². The van der Waals surface area contributed by atoms with Crippen molar-refractivity contribution in [2.75, 3.05) is 11.1 Å². The minimum atomic E-state index is -0.979. The molecule has 0 saturated heterocycles. The number of rotatable bonds is 6. The van der Waals surface area contributed by atoms with Crippen LogP contribution in [0.25, 0.3) is 27.8 Å². The summed E-state index contributed by atoms with van der Waals surface area (Å²) in [4.78, 5) is 49.4. The zero-order valence-corrected chi connectivity index (χ0v) is 25.1. The molecule has 1 aliphatic carbocycles. The van der Waals surface area contributed by atoms with Crippen LogP contribution in [0.1, 0.15) is 60.5 Å². The van der Waals surface area contributed by atoms with E-state index in [0.717, 1.165) is 11.1 Å². The Kier molecular flexibility index (Phi) is 6.97. The summed E-state index contributed by atoms with van der Waals surface area (Å²) in [5, 5.41) is 13.9. The van der Waals surface area contributed by atoms with Gasteiger partial charge in [0, 0.05) is 39.8 Å². The number of pyridine rings is 1. The number of amides is 1. The van der Waals surface area contributed by atoms with E-state index in [1.165, 1.54) is 17.0 Å². The number of carbonyl (C=O) groups excluding carboxylic acids is 2. The summed E-state index contributed by atoms with van der Waals surface area (Å²) < 4.78 is 3.34. The molecule has 0 radical (unpaired) electrons. The summed E-state index contributed by atoms with van der Waals surface area (Å²) in [7, 11) is 0. The molecular weight excluding hydrogens is 556 g/mol. The highest BCUT2D eigenvalue weighted by atomic mass is 16.3. The van der Waals surface area contributed by atoms with E-state index in [4.69, 9.17) is 5.73 Å². The molecular formula is C34H34N6O4. The third kappa shape index (κ3) is 5.17. The molecule has 1 amide bonds. The number of benzene rings is 2. The van der Waals surface area contributed by atoms with Crippen LogP contribution in [0.5, 0.6) is 0 Å². The van der Waals surface area contributed by atoms with E-state index in [2.05, 4.69) is 15.3 Å². The Balaban J connectivity index is 1.36. The Morgan fingerprint density at radius 1 is 1.05 bits per heavy atom. The number of carbonyl (C=O) groups is 2. The SMILES string of the molecule is CC(C)(O)Cn1cc(-c2ccc(NC(=O)c3cc4c(n(-c5ccccc5)c3=O)CCC(C)(C)C4=O)cc2)c2c(N)ncnc21. The van der Waals surface area contributed by atoms with E-state index in [-0.39, 0.29) is 11.3 Å². The van der Waals surface area contributed by atoms with Gasteiger partial charge in [-0.3, -0.25) is 19.0 Å². The van der Waals surface area contributed by atoms with Crippen LogP contribution >= 0.6 is 0 Å². The smallest absolute Gasteiger partial charge is 0.268 e. The molecule has 1 aliphatic rings. The molecule has 2 aromatic carbocycles. The number of nitrogens with zero attached hydrogens (tertiary/aromatic N) is 4. The van der Waals surface area contributed by atoms with Gasteiger partial charge < -0.3 is 20.7 Å². The van der Waals surface area contributed by atoms with Gasteiger partial charge in [-0.15, -0.1) is 0 Å². The van der Waals surface area contributed by atoms with Crippen LogP contribution in [0.3, 0.4) is 0 Å². The number of hydrogen-bond acceptors (Lipinski definition) is 7. The lowest BCUT2D eigenvalue weighted by atomic mass is 9.74. The predicted molar refractivity (Wildman–Crippen MR) is 170 cm³/mol. The summed E-state index contributed by atoms with van der Waals surface area (Å²) in [6, 6.07) is 17.6. The van der Waals surface area contributed by atoms with E-state index in [9.17, 15) is 19.5 Å². The number of nitrogens with one attached hydrogen (secondary N) is 1. The minimum Gasteiger partial charge on any atom is -0.389 e. The van der Waals surface area contributed by atoms with Crippen molar-refractivity contribution in [3.05, 3.63) is 100 Å². The molecule has 0 aliphatic heterocycles. The van der Waals surface area contributed by atoms with Crippen molar-refractivity contribution in [2.45, 2.75) is 52.7 Å². The second-order valence-corrected chi connectivity index (χ2v) is 12.6. The van der Waals surface area contributed by atoms with E-state index in [1.54, 1.807) is 38.1 Å². The molecule has 224 valence electrons. The van der Waals surface area contributed by atoms with E-state index >= 15 is 0 Å². The Morgan fingerprint density at radius 3 is 2.43 bits per heavy atom. The van der Waals surface area contributed by atoms with Crippen molar-refractivity contribution in [1.82, 2.24) is 19.1 Å². The number of Topliss-reactive ketones (excluding diaryl/α,β-unsaturated/α-hetero) is 1. The molecule has 3 aromatic heterocycles. The summed E-state index contributed by atoms with van der Waals surface area (Å²) in [5.41, 5.74) is 8.35. The first-order chi connectivity index (χ1) is 20.8. The first kappa shape index (κ1) is 29.0. The number of aliphatic hydroxyl groups is 1. The van der Waals surface area contributed by atoms with Crippen LogP contribution < -0.4 is 16.6 Å². The Hall–Kier alpha value is -5.09. The third-order valence-electron chi connectivity index (χ3n) is 8.10. The number of para-hydroxylation sites is 1. The molecule has 0 spiro atoms. The molecule has 0 fully saturated rings. The average molecular weight is 591 g/mol. The molecule has 0 unspecified atom stereocenters. The van der Waals surface area contributed by atoms with Gasteiger partial charge >= 0.3 is 0 Å². The van der Waals surface area contributed by atoms with Crippen molar-refractivity contribution >= 4 is 34.2 Å². The van der Waals surface area contributed by atoms with E-state index in [1.807, 2.05) is 54.9 Å². The van der Waals surface area contributed by atoms with Gasteiger partial charge in [0.1, 0.15) is 23.4 Å². The van der Waals surface area contributed by atoms with Gasteiger partial charge in [-0.2, -0.15) is 0 Å². The van der Waals surface area contributed by atoms with Crippen molar-refractivity contribution in [1.29, 1.82) is 0 Å². The summed E-state index contributed by atoms with van der Waals surface area (Å²) >= 11 is 0. The zero-order valence-electron chi connectivity index (χ0n) is 25.1. The van der Waals surface area contributed by atoms with Crippen molar-refractivity contribution in [2.24, 2.45) is 5.41 Å². The highest BCUT2D eigenvalue weighted by Crippen LogP contribution is 2.36. The standard InChI is InChI=1S/C34H34N6O4/c1-33(2)15-14-26-23(28(33)41)16-24(32(43)40(26)22-8-6-5-7-9-22)31(42)38-21-12-10-20(11-13-21)25-17-39(18-34(3,4)44)30-27(25)29(35)36-19-37-30/h5-13,16-17,19,44H,14-15,18H2,1-4H3,(H,38,42)(H2,35,36,37). The molecule has 0 atom stereocenters. The molecule has 5 aromatic rings. The number of fused-ring (bicyclic) bond motifs is 2. The first-order valence-corrected chi connectivity index (χ1v) is 14.5. The topological polar surface area (TPSA) is 145 Å². The van der Waals surface area contributed by atoms with Gasteiger partial charge in [-0.1, -0.05) is 44.2 Å². The number of hydrogen-bond donors (Lipinski definition) is 3. The fourth-order valence-electron chi connectivity index (χ4n) is 5.85. The summed E-state index contributed by atoms with van der Waals surface area (Å²) in [6.07, 6.45) is 4.42. The van der Waals surface area contributed by atoms with Crippen LogP contribution in [0.15, 0.2) is 78.0 Å². The van der Waals surface area contributed by atoms with Crippen LogP contribution in [0.2, 0.25) is 0 Å². The lowest BCUT2D eigenvalue weighted by Crippen LogP contribution is -2.38. The molecule has 4 N–H and O–H groups in total. The molecule has 44 heavy (non-hydrogen) atoms. The van der Waals surface area contributed by atoms with E-state index < -0.39 is 22.5 Å². The number of ketones is 1. The first-order valence-electron chi connectivity index (χ1n) is 14.5. The lowest BCUT2D eigenvalue weighted by molar-refractivity contribution is 0.0627. The largest absolute Gasteiger partial charge is 0.389 e. The second-order valence-electron chi connectivity index (χ2n) is 12.6. The van der Waals surface area contributed by atoms with Crippen LogP contribution in [-0.4, -0.2) is 41.5 Å². The maximum atomic E-state index is 13.8. The van der Waals surface area contributed by atoms with Crippen molar-refractivity contribution in [3.63, 3.8) is 0 Å². The predicted octanol–water partition coefficient (Wildman–Crippen LogP) is 5.01. The fourth-order valence-corrected chi connectivity index (χ4v) is 5.85. The Bertz CT molecular complexity index is 1980. The van der Waals surface area contributed by atoms with Crippen molar-refractivity contribution in [3.8, 4) is 16.8 Å². The monoisotopic (exact) mass is 590 g/mol. The minimum absolute atomic E-state index is 0.0890. The molecule has 0 bridgehead atoms. The highest BCUT2D eigenvalue weighted by Gasteiger charge is 2.37. The number of anilines is 2. The van der Waals surface area contributed by atoms with Crippen molar-refractivity contribution < 1.29 is 14.7 Å². The number of aromatic nitrogens is 4. The molecule has 10 nitrogen and oxygen atoms in total. The normalized spacial score (nSPS) is 14.4.